The fraction of sp³-hybridized carbons (Fsp3) is 0.263. The maximum atomic E-state index is 13.1. The quantitative estimate of drug-likeness (QED) is 0.755. The van der Waals surface area contributed by atoms with Crippen LogP contribution in [0.2, 0.25) is 0 Å². The minimum absolute atomic E-state index is 0.137. The van der Waals surface area contributed by atoms with Gasteiger partial charge in [-0.15, -0.1) is 0 Å². The van der Waals surface area contributed by atoms with E-state index in [0.717, 1.165) is 0 Å². The van der Waals surface area contributed by atoms with Gasteiger partial charge in [0.05, 0.1) is 0 Å². The van der Waals surface area contributed by atoms with E-state index in [1.807, 2.05) is 20.8 Å². The summed E-state index contributed by atoms with van der Waals surface area (Å²) in [4.78, 5) is 18.1. The lowest BCUT2D eigenvalue weighted by atomic mass is 10.1. The van der Waals surface area contributed by atoms with Crippen molar-refractivity contribution in [2.75, 3.05) is 7.05 Å². The summed E-state index contributed by atoms with van der Waals surface area (Å²) in [6.07, 6.45) is 1.55. The molecule has 0 atom stereocenters. The summed E-state index contributed by atoms with van der Waals surface area (Å²) in [6, 6.07) is 9.49. The molecule has 0 aliphatic rings. The molecule has 2 rings (SSSR count). The number of aromatic nitrogens is 1. The zero-order valence-corrected chi connectivity index (χ0v) is 13.7. The first-order valence-electron chi connectivity index (χ1n) is 7.29. The molecule has 118 valence electrons. The third-order valence-corrected chi connectivity index (χ3v) is 3.47. The summed E-state index contributed by atoms with van der Waals surface area (Å²) >= 11 is 0. The van der Waals surface area contributed by atoms with Crippen LogP contribution in [-0.2, 0) is 0 Å². The van der Waals surface area contributed by atoms with Gasteiger partial charge in [0, 0.05) is 29.9 Å². The molecule has 0 radical (unpaired) electrons. The standard InChI is InChI=1S/C19H19FN2O/c1-19(2,3)22(4)18(23)17-11-10-15(13-21-17)9-8-14-6-5-7-16(20)12-14/h5-7,10-13H,1-4H3. The lowest BCUT2D eigenvalue weighted by Gasteiger charge is -2.31. The van der Waals surface area contributed by atoms with Gasteiger partial charge in [-0.3, -0.25) is 4.79 Å². The fourth-order valence-electron chi connectivity index (χ4n) is 1.78. The highest BCUT2D eigenvalue weighted by atomic mass is 19.1. The van der Waals surface area contributed by atoms with Gasteiger partial charge in [0.2, 0.25) is 0 Å². The zero-order chi connectivity index (χ0) is 17.0. The first-order valence-corrected chi connectivity index (χ1v) is 7.29. The molecule has 0 bridgehead atoms. The Bertz CT molecular complexity index is 764. The van der Waals surface area contributed by atoms with Crippen molar-refractivity contribution in [3.8, 4) is 11.8 Å². The van der Waals surface area contributed by atoms with Gasteiger partial charge in [0.25, 0.3) is 5.91 Å². The SMILES string of the molecule is CN(C(=O)c1ccc(C#Cc2cccc(F)c2)cn1)C(C)(C)C. The lowest BCUT2D eigenvalue weighted by molar-refractivity contribution is 0.0649. The van der Waals surface area contributed by atoms with Gasteiger partial charge in [-0.2, -0.15) is 0 Å². The van der Waals surface area contributed by atoms with Crippen LogP contribution >= 0.6 is 0 Å². The molecular weight excluding hydrogens is 291 g/mol. The van der Waals surface area contributed by atoms with Crippen molar-refractivity contribution in [3.05, 3.63) is 65.2 Å². The number of amides is 1. The van der Waals surface area contributed by atoms with Crippen LogP contribution in [0.15, 0.2) is 42.6 Å². The Kier molecular flexibility index (Phi) is 4.80. The van der Waals surface area contributed by atoms with Crippen LogP contribution in [0.4, 0.5) is 4.39 Å². The molecule has 3 nitrogen and oxygen atoms in total. The number of hydrogen-bond donors (Lipinski definition) is 0. The number of pyridine rings is 1. The third kappa shape index (κ3) is 4.40. The second-order valence-corrected chi connectivity index (χ2v) is 6.23. The van der Waals surface area contributed by atoms with E-state index in [1.165, 1.54) is 12.1 Å². The molecule has 0 unspecified atom stereocenters. The Balaban J connectivity index is 2.16. The zero-order valence-electron chi connectivity index (χ0n) is 13.7. The monoisotopic (exact) mass is 310 g/mol. The topological polar surface area (TPSA) is 33.2 Å². The molecule has 1 aromatic carbocycles. The molecule has 4 heteroatoms. The van der Waals surface area contributed by atoms with Gasteiger partial charge in [0.15, 0.2) is 0 Å². The van der Waals surface area contributed by atoms with Crippen LogP contribution in [-0.4, -0.2) is 28.4 Å². The maximum Gasteiger partial charge on any atom is 0.272 e. The van der Waals surface area contributed by atoms with E-state index in [0.29, 0.717) is 16.8 Å². The summed E-state index contributed by atoms with van der Waals surface area (Å²) < 4.78 is 13.1. The Morgan fingerprint density at radius 1 is 1.13 bits per heavy atom. The average molecular weight is 310 g/mol. The minimum atomic E-state index is -0.318. The Hall–Kier alpha value is -2.67. The summed E-state index contributed by atoms with van der Waals surface area (Å²) in [7, 11) is 1.75. The molecule has 1 aromatic heterocycles. The first kappa shape index (κ1) is 16.7. The molecule has 0 aliphatic carbocycles. The fourth-order valence-corrected chi connectivity index (χ4v) is 1.78. The highest BCUT2D eigenvalue weighted by molar-refractivity contribution is 5.92. The van der Waals surface area contributed by atoms with E-state index in [-0.39, 0.29) is 17.3 Å². The van der Waals surface area contributed by atoms with Crippen molar-refractivity contribution >= 4 is 5.91 Å². The van der Waals surface area contributed by atoms with Gasteiger partial charge >= 0.3 is 0 Å². The van der Waals surface area contributed by atoms with Gasteiger partial charge < -0.3 is 4.90 Å². The van der Waals surface area contributed by atoms with E-state index < -0.39 is 0 Å². The van der Waals surface area contributed by atoms with Crippen LogP contribution in [0.5, 0.6) is 0 Å². The van der Waals surface area contributed by atoms with Crippen LogP contribution < -0.4 is 0 Å². The molecular formula is C19H19FN2O. The van der Waals surface area contributed by atoms with Crippen LogP contribution in [0.1, 0.15) is 42.4 Å². The summed E-state index contributed by atoms with van der Waals surface area (Å²) in [6.45, 7) is 5.89. The van der Waals surface area contributed by atoms with Gasteiger partial charge in [-0.05, 0) is 51.1 Å². The number of benzene rings is 1. The van der Waals surface area contributed by atoms with Gasteiger partial charge in [-0.25, -0.2) is 9.37 Å². The van der Waals surface area contributed by atoms with E-state index >= 15 is 0 Å². The number of carbonyl (C=O) groups is 1. The number of rotatable bonds is 1. The maximum absolute atomic E-state index is 13.1. The highest BCUT2D eigenvalue weighted by Gasteiger charge is 2.23. The molecule has 1 amide bonds. The van der Waals surface area contributed by atoms with Gasteiger partial charge in [-0.1, -0.05) is 17.9 Å². The van der Waals surface area contributed by atoms with E-state index in [1.54, 1.807) is 42.4 Å². The van der Waals surface area contributed by atoms with Crippen molar-refractivity contribution in [2.45, 2.75) is 26.3 Å². The molecule has 0 saturated carbocycles. The Morgan fingerprint density at radius 2 is 1.83 bits per heavy atom. The minimum Gasteiger partial charge on any atom is -0.336 e. The largest absolute Gasteiger partial charge is 0.336 e. The summed E-state index contributed by atoms with van der Waals surface area (Å²) in [5.41, 5.74) is 1.37. The Labute approximate surface area is 136 Å². The predicted octanol–water partition coefficient (Wildman–Crippen LogP) is 3.49. The molecule has 1 heterocycles. The summed E-state index contributed by atoms with van der Waals surface area (Å²) in [5, 5.41) is 0. The lowest BCUT2D eigenvalue weighted by Crippen LogP contribution is -2.42. The normalized spacial score (nSPS) is 10.7. The first-order chi connectivity index (χ1) is 10.8. The predicted molar refractivity (Wildman–Crippen MR) is 88.5 cm³/mol. The van der Waals surface area contributed by atoms with Gasteiger partial charge in [0.1, 0.15) is 11.5 Å². The molecule has 2 aromatic rings. The highest BCUT2D eigenvalue weighted by Crippen LogP contribution is 2.14. The second-order valence-electron chi connectivity index (χ2n) is 6.23. The molecule has 0 spiro atoms. The smallest absolute Gasteiger partial charge is 0.272 e. The number of nitrogens with zero attached hydrogens (tertiary/aromatic N) is 2. The third-order valence-electron chi connectivity index (χ3n) is 3.47. The average Bonchev–Trinajstić information content (AvgIpc) is 2.51. The van der Waals surface area contributed by atoms with Crippen molar-refractivity contribution in [1.29, 1.82) is 0 Å². The van der Waals surface area contributed by atoms with E-state index in [4.69, 9.17) is 0 Å². The van der Waals surface area contributed by atoms with Crippen molar-refractivity contribution in [2.24, 2.45) is 0 Å². The van der Waals surface area contributed by atoms with Crippen molar-refractivity contribution in [1.82, 2.24) is 9.88 Å². The van der Waals surface area contributed by atoms with Crippen molar-refractivity contribution < 1.29 is 9.18 Å². The van der Waals surface area contributed by atoms with Crippen LogP contribution in [0.25, 0.3) is 0 Å². The van der Waals surface area contributed by atoms with E-state index in [2.05, 4.69) is 16.8 Å². The molecule has 0 aliphatic heterocycles. The van der Waals surface area contributed by atoms with Crippen LogP contribution in [0.3, 0.4) is 0 Å². The molecule has 0 fully saturated rings. The number of carbonyl (C=O) groups excluding carboxylic acids is 1. The van der Waals surface area contributed by atoms with Crippen LogP contribution in [0, 0.1) is 17.7 Å². The molecule has 23 heavy (non-hydrogen) atoms. The molecule has 0 N–H and O–H groups in total. The Morgan fingerprint density at radius 3 is 2.39 bits per heavy atom. The van der Waals surface area contributed by atoms with E-state index in [9.17, 15) is 9.18 Å². The second kappa shape index (κ2) is 6.62. The van der Waals surface area contributed by atoms with Crippen molar-refractivity contribution in [3.63, 3.8) is 0 Å². The summed E-state index contributed by atoms with van der Waals surface area (Å²) in [5.74, 6) is 5.33. The molecule has 0 saturated heterocycles. The number of halogens is 1. The number of hydrogen-bond acceptors (Lipinski definition) is 2.